The van der Waals surface area contributed by atoms with Crippen molar-refractivity contribution >= 4 is 0 Å². The lowest BCUT2D eigenvalue weighted by atomic mass is 9.97. The molecule has 0 aromatic carbocycles. The van der Waals surface area contributed by atoms with Crippen LogP contribution in [0.15, 0.2) is 0 Å². The highest BCUT2D eigenvalue weighted by Gasteiger charge is 2.49. The van der Waals surface area contributed by atoms with Crippen molar-refractivity contribution in [3.63, 3.8) is 0 Å². The number of methoxy groups -OCH3 is 1. The molecule has 16 heavy (non-hydrogen) atoms. The molecule has 2 fully saturated rings. The van der Waals surface area contributed by atoms with Gasteiger partial charge in [-0.2, -0.15) is 0 Å². The Morgan fingerprint density at radius 1 is 1.38 bits per heavy atom. The average molecular weight is 232 g/mol. The molecule has 0 aliphatic carbocycles. The third-order valence-electron chi connectivity index (χ3n) is 3.26. The highest BCUT2D eigenvalue weighted by Crippen LogP contribution is 2.35. The molecule has 2 saturated heterocycles. The fourth-order valence-corrected chi connectivity index (χ4v) is 2.30. The maximum absolute atomic E-state index is 9.87. The van der Waals surface area contributed by atoms with Crippen molar-refractivity contribution in [3.8, 4) is 0 Å². The number of aliphatic hydroxyl groups excluding tert-OH is 1. The van der Waals surface area contributed by atoms with Gasteiger partial charge >= 0.3 is 0 Å². The standard InChI is InChI=1S/C11H20O5/c1-6-8(12)10(13-4)15-9(6)7-5-14-11(2,3)16-7/h6-10,12H,5H2,1-4H3/t6-,7?,8+,9-,10-/m0/s1. The van der Waals surface area contributed by atoms with Gasteiger partial charge in [0.1, 0.15) is 12.2 Å². The predicted molar refractivity (Wildman–Crippen MR) is 55.7 cm³/mol. The van der Waals surface area contributed by atoms with E-state index in [4.69, 9.17) is 18.9 Å². The molecule has 5 nitrogen and oxygen atoms in total. The SMILES string of the molecule is CO[C@H]1O[C@H](C2COC(C)(C)O2)[C@@H](C)[C@H]1O. The molecule has 2 rings (SSSR count). The molecule has 2 aliphatic rings. The molecule has 94 valence electrons. The number of hydrogen-bond donors (Lipinski definition) is 1. The highest BCUT2D eigenvalue weighted by molar-refractivity contribution is 4.91. The third-order valence-corrected chi connectivity index (χ3v) is 3.26. The zero-order chi connectivity index (χ0) is 11.9. The summed E-state index contributed by atoms with van der Waals surface area (Å²) in [5, 5.41) is 9.87. The Hall–Kier alpha value is -0.200. The minimum Gasteiger partial charge on any atom is -0.387 e. The van der Waals surface area contributed by atoms with Gasteiger partial charge in [-0.1, -0.05) is 6.92 Å². The molecule has 0 saturated carbocycles. The number of rotatable bonds is 2. The van der Waals surface area contributed by atoms with Crippen LogP contribution >= 0.6 is 0 Å². The predicted octanol–water partition coefficient (Wildman–Crippen LogP) is 0.506. The Labute approximate surface area is 95.6 Å². The van der Waals surface area contributed by atoms with E-state index in [2.05, 4.69) is 0 Å². The van der Waals surface area contributed by atoms with Crippen molar-refractivity contribution in [2.75, 3.05) is 13.7 Å². The van der Waals surface area contributed by atoms with Gasteiger partial charge in [-0.25, -0.2) is 0 Å². The van der Waals surface area contributed by atoms with Crippen LogP contribution in [0.1, 0.15) is 20.8 Å². The van der Waals surface area contributed by atoms with Gasteiger partial charge in [-0.05, 0) is 13.8 Å². The largest absolute Gasteiger partial charge is 0.387 e. The van der Waals surface area contributed by atoms with Gasteiger partial charge in [0.05, 0.1) is 12.7 Å². The highest BCUT2D eigenvalue weighted by atomic mass is 16.8. The van der Waals surface area contributed by atoms with E-state index in [0.29, 0.717) is 6.61 Å². The van der Waals surface area contributed by atoms with E-state index in [-0.39, 0.29) is 18.1 Å². The van der Waals surface area contributed by atoms with Crippen LogP contribution in [-0.2, 0) is 18.9 Å². The Morgan fingerprint density at radius 2 is 2.06 bits per heavy atom. The first-order valence-corrected chi connectivity index (χ1v) is 5.63. The lowest BCUT2D eigenvalue weighted by molar-refractivity contribution is -0.184. The van der Waals surface area contributed by atoms with Gasteiger partial charge in [0.15, 0.2) is 12.1 Å². The van der Waals surface area contributed by atoms with E-state index in [9.17, 15) is 5.11 Å². The second kappa shape index (κ2) is 4.23. The fourth-order valence-electron chi connectivity index (χ4n) is 2.30. The van der Waals surface area contributed by atoms with E-state index in [0.717, 1.165) is 0 Å². The van der Waals surface area contributed by atoms with Crippen molar-refractivity contribution in [2.45, 2.75) is 51.2 Å². The van der Waals surface area contributed by atoms with E-state index in [1.54, 1.807) is 0 Å². The maximum Gasteiger partial charge on any atom is 0.183 e. The minimum atomic E-state index is -0.609. The molecule has 0 bridgehead atoms. The number of hydrogen-bond acceptors (Lipinski definition) is 5. The molecule has 1 unspecified atom stereocenters. The van der Waals surface area contributed by atoms with Crippen LogP contribution in [0.2, 0.25) is 0 Å². The number of ether oxygens (including phenoxy) is 4. The van der Waals surface area contributed by atoms with Gasteiger partial charge in [-0.3, -0.25) is 0 Å². The maximum atomic E-state index is 9.87. The van der Waals surface area contributed by atoms with Crippen LogP contribution in [0, 0.1) is 5.92 Å². The van der Waals surface area contributed by atoms with Gasteiger partial charge in [0.2, 0.25) is 0 Å². The molecule has 0 amide bonds. The van der Waals surface area contributed by atoms with Crippen LogP contribution in [0.25, 0.3) is 0 Å². The molecule has 0 aromatic heterocycles. The summed E-state index contributed by atoms with van der Waals surface area (Å²) in [6.07, 6.45) is -1.49. The molecule has 5 heteroatoms. The molecular weight excluding hydrogens is 212 g/mol. The Kier molecular flexibility index (Phi) is 3.25. The van der Waals surface area contributed by atoms with Crippen molar-refractivity contribution < 1.29 is 24.1 Å². The molecule has 5 atom stereocenters. The second-order valence-corrected chi connectivity index (χ2v) is 4.92. The van der Waals surface area contributed by atoms with Crippen molar-refractivity contribution in [1.29, 1.82) is 0 Å². The van der Waals surface area contributed by atoms with Crippen molar-refractivity contribution in [3.05, 3.63) is 0 Å². The van der Waals surface area contributed by atoms with Gasteiger partial charge in [-0.15, -0.1) is 0 Å². The van der Waals surface area contributed by atoms with Crippen LogP contribution in [0.5, 0.6) is 0 Å². The van der Waals surface area contributed by atoms with Crippen LogP contribution < -0.4 is 0 Å². The normalized spacial score (nSPS) is 47.4. The summed E-state index contributed by atoms with van der Waals surface area (Å²) in [5.74, 6) is -0.586. The summed E-state index contributed by atoms with van der Waals surface area (Å²) >= 11 is 0. The Morgan fingerprint density at radius 3 is 2.50 bits per heavy atom. The minimum absolute atomic E-state index is 0.0209. The second-order valence-electron chi connectivity index (χ2n) is 4.92. The number of aliphatic hydroxyl groups is 1. The van der Waals surface area contributed by atoms with Crippen LogP contribution in [0.4, 0.5) is 0 Å². The topological polar surface area (TPSA) is 57.2 Å². The van der Waals surface area contributed by atoms with Gasteiger partial charge < -0.3 is 24.1 Å². The molecular formula is C11H20O5. The summed E-state index contributed by atoms with van der Waals surface area (Å²) in [4.78, 5) is 0. The smallest absolute Gasteiger partial charge is 0.183 e. The molecule has 0 spiro atoms. The average Bonchev–Trinajstić information content (AvgIpc) is 2.70. The first kappa shape index (κ1) is 12.3. The lowest BCUT2D eigenvalue weighted by Crippen LogP contribution is -2.35. The third kappa shape index (κ3) is 2.10. The first-order chi connectivity index (χ1) is 7.44. The molecule has 2 aliphatic heterocycles. The fraction of sp³-hybridized carbons (Fsp3) is 1.00. The van der Waals surface area contributed by atoms with Crippen molar-refractivity contribution in [2.24, 2.45) is 5.92 Å². The van der Waals surface area contributed by atoms with E-state index < -0.39 is 18.2 Å². The Bertz CT molecular complexity index is 255. The van der Waals surface area contributed by atoms with Crippen LogP contribution in [-0.4, -0.2) is 49.2 Å². The monoisotopic (exact) mass is 232 g/mol. The van der Waals surface area contributed by atoms with Gasteiger partial charge in [0, 0.05) is 13.0 Å². The lowest BCUT2D eigenvalue weighted by Gasteiger charge is -2.23. The summed E-state index contributed by atoms with van der Waals surface area (Å²) in [7, 11) is 1.53. The van der Waals surface area contributed by atoms with Crippen LogP contribution in [0.3, 0.4) is 0 Å². The zero-order valence-corrected chi connectivity index (χ0v) is 10.2. The van der Waals surface area contributed by atoms with E-state index >= 15 is 0 Å². The molecule has 2 heterocycles. The molecule has 0 radical (unpaired) electrons. The zero-order valence-electron chi connectivity index (χ0n) is 10.2. The summed E-state index contributed by atoms with van der Waals surface area (Å²) in [5.41, 5.74) is 0. The van der Waals surface area contributed by atoms with E-state index in [1.165, 1.54) is 7.11 Å². The summed E-state index contributed by atoms with van der Waals surface area (Å²) < 4.78 is 21.9. The molecule has 1 N–H and O–H groups in total. The summed E-state index contributed by atoms with van der Waals surface area (Å²) in [6.45, 7) is 6.17. The quantitative estimate of drug-likeness (QED) is 0.751. The first-order valence-electron chi connectivity index (χ1n) is 5.63. The van der Waals surface area contributed by atoms with Gasteiger partial charge in [0.25, 0.3) is 0 Å². The van der Waals surface area contributed by atoms with Crippen molar-refractivity contribution in [1.82, 2.24) is 0 Å². The molecule has 0 aromatic rings. The Balaban J connectivity index is 2.01. The van der Waals surface area contributed by atoms with E-state index in [1.807, 2.05) is 20.8 Å². The summed E-state index contributed by atoms with van der Waals surface area (Å²) in [6, 6.07) is 0.